The minimum absolute atomic E-state index is 0.318. The molecule has 14 nitrogen and oxygen atoms in total. The van der Waals surface area contributed by atoms with Gasteiger partial charge in [0.25, 0.3) is 0 Å². The van der Waals surface area contributed by atoms with Crippen molar-refractivity contribution in [3.8, 4) is 11.5 Å². The molecule has 0 radical (unpaired) electrons. The lowest BCUT2D eigenvalue weighted by Gasteiger charge is -2.22. The Hall–Kier alpha value is -5.84. The third kappa shape index (κ3) is 14.8. The number of hydrogen-bond acceptors (Lipinski definition) is 11. The van der Waals surface area contributed by atoms with Gasteiger partial charge in [-0.05, 0) is 144 Å². The summed E-state index contributed by atoms with van der Waals surface area (Å²) in [6, 6.07) is 12.5. The molecule has 0 heterocycles. The Morgan fingerprint density at radius 1 is 0.614 bits per heavy atom. The summed E-state index contributed by atoms with van der Waals surface area (Å²) in [5, 5.41) is 8.89. The Morgan fingerprint density at radius 2 is 1.01 bits per heavy atom. The zero-order chi connectivity index (χ0) is 52.0. The fourth-order valence-corrected chi connectivity index (χ4v) is 10.5. The van der Waals surface area contributed by atoms with E-state index in [0.29, 0.717) is 103 Å². The number of ether oxygens (including phenoxy) is 3. The summed E-state index contributed by atoms with van der Waals surface area (Å²) in [4.78, 5) is 45.2. The standard InChI is InChI=1S/C26H30F3NO6S.C22H22F3NO6S/c1-16(31)17-12-18(26(27,28)29)14-19(13-17)37(33,34)30-22-10-6-5-8-21-20(22)9-7-11-23(21)35-15-24(32)36-25(2,3)4;1-13(27)14-9-15(22(23,24)25)11-16(10-14)33(30,31)26-19-7-3-2-5-18-17(19)6-4-8-20(18)32-12-21(28)29/h7,9,11-14,22,30H,5-6,8,10,15H2,1-4H3;4,6,8-11,19,26H,2-3,5,7,12H2,1H3,(H,28,29). The molecule has 0 aromatic heterocycles. The fraction of sp³-hybridized carbons (Fsp3) is 0.417. The van der Waals surface area contributed by atoms with Gasteiger partial charge in [0.05, 0.1) is 20.9 Å². The number of carbonyl (C=O) groups excluding carboxylic acids is 3. The topological polar surface area (TPSA) is 209 Å². The number of ketones is 2. The van der Waals surface area contributed by atoms with Gasteiger partial charge >= 0.3 is 24.3 Å². The summed E-state index contributed by atoms with van der Waals surface area (Å²) >= 11 is 0. The van der Waals surface area contributed by atoms with E-state index in [2.05, 4.69) is 9.44 Å². The maximum atomic E-state index is 13.4. The molecule has 380 valence electrons. The van der Waals surface area contributed by atoms with Gasteiger partial charge in [-0.25, -0.2) is 35.9 Å². The Kier molecular flexibility index (Phi) is 17.4. The van der Waals surface area contributed by atoms with Crippen LogP contribution in [-0.2, 0) is 59.6 Å². The lowest BCUT2D eigenvalue weighted by atomic mass is 9.99. The van der Waals surface area contributed by atoms with Crippen LogP contribution in [0.4, 0.5) is 26.3 Å². The van der Waals surface area contributed by atoms with Crippen molar-refractivity contribution in [2.45, 2.75) is 126 Å². The predicted molar refractivity (Wildman–Crippen MR) is 241 cm³/mol. The van der Waals surface area contributed by atoms with Gasteiger partial charge < -0.3 is 19.3 Å². The lowest BCUT2D eigenvalue weighted by Crippen LogP contribution is -2.29. The summed E-state index contributed by atoms with van der Waals surface area (Å²) < 4.78 is 154. The molecule has 0 saturated heterocycles. The molecule has 2 atom stereocenters. The molecule has 4 aromatic carbocycles. The van der Waals surface area contributed by atoms with Gasteiger partial charge in [0.2, 0.25) is 20.0 Å². The number of carbonyl (C=O) groups is 4. The number of aliphatic carboxylic acids is 1. The average molecular weight is 1030 g/mol. The molecule has 3 N–H and O–H groups in total. The van der Waals surface area contributed by atoms with E-state index in [1.807, 2.05) is 0 Å². The van der Waals surface area contributed by atoms with Crippen LogP contribution in [0.1, 0.15) is 139 Å². The second-order valence-corrected chi connectivity index (χ2v) is 21.1. The smallest absolute Gasteiger partial charge is 0.416 e. The number of Topliss-reactive ketones (excluding diaryl/α,β-unsaturated/α-hetero) is 2. The van der Waals surface area contributed by atoms with Crippen molar-refractivity contribution in [3.63, 3.8) is 0 Å². The van der Waals surface area contributed by atoms with Gasteiger partial charge in [0.1, 0.15) is 17.1 Å². The molecule has 0 aliphatic heterocycles. The van der Waals surface area contributed by atoms with Crippen LogP contribution in [0, 0.1) is 0 Å². The highest BCUT2D eigenvalue weighted by Gasteiger charge is 2.36. The number of benzene rings is 4. The summed E-state index contributed by atoms with van der Waals surface area (Å²) in [7, 11) is -8.87. The Morgan fingerprint density at radius 3 is 1.37 bits per heavy atom. The first-order chi connectivity index (χ1) is 32.4. The van der Waals surface area contributed by atoms with Gasteiger partial charge in [-0.3, -0.25) is 9.59 Å². The van der Waals surface area contributed by atoms with E-state index < -0.39 is 101 Å². The highest BCUT2D eigenvalue weighted by Crippen LogP contribution is 2.39. The predicted octanol–water partition coefficient (Wildman–Crippen LogP) is 9.49. The zero-order valence-corrected chi connectivity index (χ0v) is 40.3. The van der Waals surface area contributed by atoms with E-state index in [-0.39, 0.29) is 17.7 Å². The van der Waals surface area contributed by atoms with Gasteiger partial charge in [0, 0.05) is 23.2 Å². The van der Waals surface area contributed by atoms with Crippen LogP contribution in [0.5, 0.6) is 11.5 Å². The second kappa shape index (κ2) is 22.1. The number of nitrogens with one attached hydrogen (secondary N) is 2. The number of hydrogen-bond donors (Lipinski definition) is 3. The SMILES string of the molecule is CC(=O)c1cc(C(F)(F)F)cc(S(=O)(=O)NC2CCCCc3c(OCC(=O)O)cccc32)c1.CC(=O)c1cc(C(F)(F)F)cc(S(=O)(=O)NC2CCCCc3c(OCC(=O)OC(C)(C)C)cccc32)c1. The van der Waals surface area contributed by atoms with Crippen molar-refractivity contribution < 1.29 is 81.7 Å². The van der Waals surface area contributed by atoms with Crippen molar-refractivity contribution in [2.75, 3.05) is 13.2 Å². The largest absolute Gasteiger partial charge is 0.482 e. The lowest BCUT2D eigenvalue weighted by molar-refractivity contribution is -0.157. The minimum Gasteiger partial charge on any atom is -0.482 e. The molecule has 0 amide bonds. The van der Waals surface area contributed by atoms with E-state index in [0.717, 1.165) is 32.4 Å². The molecular formula is C48H52F6N2O12S2. The summed E-state index contributed by atoms with van der Waals surface area (Å²) in [5.41, 5.74) is -1.31. The molecule has 0 bridgehead atoms. The third-order valence-corrected chi connectivity index (χ3v) is 13.9. The molecular weight excluding hydrogens is 975 g/mol. The monoisotopic (exact) mass is 1030 g/mol. The third-order valence-electron chi connectivity index (χ3n) is 11.0. The molecule has 4 aromatic rings. The molecule has 22 heteroatoms. The normalized spacial score (nSPS) is 16.5. The number of carboxylic acids is 1. The minimum atomic E-state index is -4.83. The van der Waals surface area contributed by atoms with E-state index in [4.69, 9.17) is 19.3 Å². The average Bonchev–Trinajstić information content (AvgIpc) is 3.59. The fourth-order valence-electron chi connectivity index (χ4n) is 7.88. The molecule has 0 saturated carbocycles. The number of alkyl halides is 6. The van der Waals surface area contributed by atoms with Crippen LogP contribution in [0.3, 0.4) is 0 Å². The first-order valence-electron chi connectivity index (χ1n) is 21.9. The second-order valence-electron chi connectivity index (χ2n) is 17.6. The maximum Gasteiger partial charge on any atom is 0.416 e. The highest BCUT2D eigenvalue weighted by molar-refractivity contribution is 7.89. The van der Waals surface area contributed by atoms with Gasteiger partial charge in [-0.1, -0.05) is 37.1 Å². The van der Waals surface area contributed by atoms with Crippen molar-refractivity contribution in [1.29, 1.82) is 0 Å². The van der Waals surface area contributed by atoms with Crippen molar-refractivity contribution in [3.05, 3.63) is 117 Å². The molecule has 0 spiro atoms. The number of fused-ring (bicyclic) bond motifs is 2. The number of halogens is 6. The first-order valence-corrected chi connectivity index (χ1v) is 24.9. The Balaban J connectivity index is 0.000000262. The van der Waals surface area contributed by atoms with Crippen LogP contribution in [0.25, 0.3) is 0 Å². The number of sulfonamides is 2. The highest BCUT2D eigenvalue weighted by atomic mass is 32.2. The summed E-state index contributed by atoms with van der Waals surface area (Å²) in [6.45, 7) is 6.44. The van der Waals surface area contributed by atoms with E-state index in [1.165, 1.54) is 0 Å². The summed E-state index contributed by atoms with van der Waals surface area (Å²) in [5.74, 6) is -2.37. The Bertz CT molecular complexity index is 2840. The van der Waals surface area contributed by atoms with Crippen LogP contribution in [0.15, 0.2) is 82.6 Å². The van der Waals surface area contributed by atoms with Crippen LogP contribution in [-0.4, -0.2) is 64.3 Å². The summed E-state index contributed by atoms with van der Waals surface area (Å²) in [6.07, 6.45) is -5.10. The maximum absolute atomic E-state index is 13.4. The molecule has 0 fully saturated rings. The van der Waals surface area contributed by atoms with Crippen LogP contribution >= 0.6 is 0 Å². The molecule has 2 aliphatic rings. The van der Waals surface area contributed by atoms with Crippen LogP contribution in [0.2, 0.25) is 0 Å². The molecule has 6 rings (SSSR count). The first kappa shape index (κ1) is 55.1. The number of rotatable bonds is 14. The quantitative estimate of drug-likeness (QED) is 0.0467. The number of carboxylic acid groups (broad SMARTS) is 1. The van der Waals surface area contributed by atoms with Crippen molar-refractivity contribution in [2.24, 2.45) is 0 Å². The van der Waals surface area contributed by atoms with Gasteiger partial charge in [-0.2, -0.15) is 26.3 Å². The van der Waals surface area contributed by atoms with Crippen molar-refractivity contribution >= 4 is 43.6 Å². The van der Waals surface area contributed by atoms with Crippen LogP contribution < -0.4 is 18.9 Å². The van der Waals surface area contributed by atoms with E-state index in [9.17, 15) is 62.4 Å². The molecule has 2 aliphatic carbocycles. The van der Waals surface area contributed by atoms with E-state index in [1.54, 1.807) is 57.2 Å². The van der Waals surface area contributed by atoms with Crippen molar-refractivity contribution in [1.82, 2.24) is 9.44 Å². The Labute approximate surface area is 401 Å². The zero-order valence-electron chi connectivity index (χ0n) is 38.7. The molecule has 70 heavy (non-hydrogen) atoms. The number of esters is 1. The van der Waals surface area contributed by atoms with Gasteiger partial charge in [-0.15, -0.1) is 0 Å². The van der Waals surface area contributed by atoms with E-state index >= 15 is 0 Å². The van der Waals surface area contributed by atoms with Gasteiger partial charge in [0.15, 0.2) is 24.8 Å². The molecule has 2 unspecified atom stereocenters.